The lowest BCUT2D eigenvalue weighted by Gasteiger charge is -2.34. The predicted molar refractivity (Wildman–Crippen MR) is 87.9 cm³/mol. The summed E-state index contributed by atoms with van der Waals surface area (Å²) < 4.78 is 11.7. The monoisotopic (exact) mass is 360 g/mol. The molecule has 1 unspecified atom stereocenters. The standard InChI is InChI=1S/C14H21BrN2O2S/c1-18-13-7-10(11(15)8-14(13)19-2)12(9-16)17-3-5-20-6-4-17/h7-8,12H,3-6,9,16H2,1-2H3. The molecule has 1 saturated heterocycles. The lowest BCUT2D eigenvalue weighted by atomic mass is 10.0. The van der Waals surface area contributed by atoms with Gasteiger partial charge in [0.25, 0.3) is 0 Å². The third-order valence-corrected chi connectivity index (χ3v) is 5.20. The van der Waals surface area contributed by atoms with E-state index >= 15 is 0 Å². The fourth-order valence-electron chi connectivity index (χ4n) is 2.49. The van der Waals surface area contributed by atoms with Crippen LogP contribution in [0.3, 0.4) is 0 Å². The number of nitrogens with zero attached hydrogens (tertiary/aromatic N) is 1. The molecular formula is C14H21BrN2O2S. The zero-order chi connectivity index (χ0) is 14.5. The summed E-state index contributed by atoms with van der Waals surface area (Å²) in [5.74, 6) is 3.81. The average molecular weight is 361 g/mol. The topological polar surface area (TPSA) is 47.7 Å². The van der Waals surface area contributed by atoms with Gasteiger partial charge >= 0.3 is 0 Å². The third-order valence-electron chi connectivity index (χ3n) is 3.57. The molecule has 4 nitrogen and oxygen atoms in total. The molecule has 1 aromatic carbocycles. The summed E-state index contributed by atoms with van der Waals surface area (Å²) in [5.41, 5.74) is 7.19. The van der Waals surface area contributed by atoms with Gasteiger partial charge < -0.3 is 15.2 Å². The van der Waals surface area contributed by atoms with Crippen LogP contribution in [0.15, 0.2) is 16.6 Å². The van der Waals surface area contributed by atoms with Gasteiger partial charge in [-0.1, -0.05) is 15.9 Å². The van der Waals surface area contributed by atoms with E-state index in [1.54, 1.807) is 14.2 Å². The molecule has 0 amide bonds. The zero-order valence-electron chi connectivity index (χ0n) is 11.9. The lowest BCUT2D eigenvalue weighted by Crippen LogP contribution is -2.39. The molecule has 0 bridgehead atoms. The molecule has 0 radical (unpaired) electrons. The Labute approximate surface area is 133 Å². The first-order valence-electron chi connectivity index (χ1n) is 6.64. The predicted octanol–water partition coefficient (Wildman–Crippen LogP) is 2.51. The molecular weight excluding hydrogens is 340 g/mol. The van der Waals surface area contributed by atoms with Crippen molar-refractivity contribution in [2.24, 2.45) is 5.73 Å². The van der Waals surface area contributed by atoms with Crippen molar-refractivity contribution >= 4 is 27.7 Å². The second kappa shape index (κ2) is 7.54. The van der Waals surface area contributed by atoms with Gasteiger partial charge in [-0.2, -0.15) is 11.8 Å². The molecule has 0 spiro atoms. The first-order valence-corrected chi connectivity index (χ1v) is 8.59. The van der Waals surface area contributed by atoms with E-state index < -0.39 is 0 Å². The first-order chi connectivity index (χ1) is 9.71. The molecule has 1 heterocycles. The second-order valence-corrected chi connectivity index (χ2v) is 6.71. The Balaban J connectivity index is 2.33. The third kappa shape index (κ3) is 3.42. The molecule has 1 atom stereocenters. The summed E-state index contributed by atoms with van der Waals surface area (Å²) in [6.45, 7) is 2.75. The molecule has 0 aromatic heterocycles. The number of ether oxygens (including phenoxy) is 2. The molecule has 20 heavy (non-hydrogen) atoms. The highest BCUT2D eigenvalue weighted by molar-refractivity contribution is 9.10. The maximum atomic E-state index is 6.03. The highest BCUT2D eigenvalue weighted by atomic mass is 79.9. The van der Waals surface area contributed by atoms with Crippen molar-refractivity contribution in [3.63, 3.8) is 0 Å². The Morgan fingerprint density at radius 3 is 2.40 bits per heavy atom. The van der Waals surface area contributed by atoms with Crippen molar-refractivity contribution in [2.75, 3.05) is 45.4 Å². The van der Waals surface area contributed by atoms with E-state index in [4.69, 9.17) is 15.2 Å². The molecule has 2 N–H and O–H groups in total. The summed E-state index contributed by atoms with van der Waals surface area (Å²) in [6.07, 6.45) is 0. The number of benzene rings is 1. The van der Waals surface area contributed by atoms with Crippen molar-refractivity contribution in [1.29, 1.82) is 0 Å². The van der Waals surface area contributed by atoms with Crippen molar-refractivity contribution in [2.45, 2.75) is 6.04 Å². The summed E-state index contributed by atoms with van der Waals surface area (Å²) in [4.78, 5) is 2.45. The van der Waals surface area contributed by atoms with Gasteiger partial charge in [0, 0.05) is 41.7 Å². The Kier molecular flexibility index (Phi) is 6.01. The van der Waals surface area contributed by atoms with Gasteiger partial charge in [0.1, 0.15) is 0 Å². The van der Waals surface area contributed by atoms with Crippen LogP contribution in [-0.2, 0) is 0 Å². The Hall–Kier alpha value is -0.430. The van der Waals surface area contributed by atoms with Gasteiger partial charge in [0.2, 0.25) is 0 Å². The van der Waals surface area contributed by atoms with Crippen LogP contribution in [0.2, 0.25) is 0 Å². The van der Waals surface area contributed by atoms with Crippen LogP contribution in [0.5, 0.6) is 11.5 Å². The number of nitrogens with two attached hydrogens (primary N) is 1. The zero-order valence-corrected chi connectivity index (χ0v) is 14.3. The van der Waals surface area contributed by atoms with Gasteiger partial charge in [-0.05, 0) is 17.7 Å². The van der Waals surface area contributed by atoms with Crippen molar-refractivity contribution in [1.82, 2.24) is 4.90 Å². The average Bonchev–Trinajstić information content (AvgIpc) is 2.50. The molecule has 1 aromatic rings. The van der Waals surface area contributed by atoms with Crippen LogP contribution in [0.4, 0.5) is 0 Å². The summed E-state index contributed by atoms with van der Waals surface area (Å²) in [6, 6.07) is 4.20. The van der Waals surface area contributed by atoms with Gasteiger partial charge in [0.15, 0.2) is 11.5 Å². The molecule has 6 heteroatoms. The van der Waals surface area contributed by atoms with Crippen LogP contribution in [-0.4, -0.2) is 50.3 Å². The molecule has 112 valence electrons. The molecule has 1 fully saturated rings. The minimum absolute atomic E-state index is 0.213. The van der Waals surface area contributed by atoms with Crippen LogP contribution in [0.25, 0.3) is 0 Å². The number of thioether (sulfide) groups is 1. The smallest absolute Gasteiger partial charge is 0.161 e. The van der Waals surface area contributed by atoms with E-state index in [0.717, 1.165) is 34.6 Å². The van der Waals surface area contributed by atoms with Crippen LogP contribution in [0.1, 0.15) is 11.6 Å². The highest BCUT2D eigenvalue weighted by Gasteiger charge is 2.24. The van der Waals surface area contributed by atoms with Gasteiger partial charge in [-0.15, -0.1) is 0 Å². The summed E-state index contributed by atoms with van der Waals surface area (Å²) in [7, 11) is 3.30. The molecule has 0 aliphatic carbocycles. The quantitative estimate of drug-likeness (QED) is 0.873. The van der Waals surface area contributed by atoms with Crippen LogP contribution < -0.4 is 15.2 Å². The van der Waals surface area contributed by atoms with Gasteiger partial charge in [-0.3, -0.25) is 4.90 Å². The summed E-state index contributed by atoms with van der Waals surface area (Å²) in [5, 5.41) is 0. The molecule has 1 aliphatic heterocycles. The van der Waals surface area contributed by atoms with E-state index in [0.29, 0.717) is 6.54 Å². The van der Waals surface area contributed by atoms with Crippen molar-refractivity contribution < 1.29 is 9.47 Å². The van der Waals surface area contributed by atoms with Gasteiger partial charge in [-0.25, -0.2) is 0 Å². The van der Waals surface area contributed by atoms with E-state index in [-0.39, 0.29) is 6.04 Å². The minimum atomic E-state index is 0.213. The van der Waals surface area contributed by atoms with E-state index in [9.17, 15) is 0 Å². The Morgan fingerprint density at radius 1 is 1.25 bits per heavy atom. The van der Waals surface area contributed by atoms with Crippen molar-refractivity contribution in [3.8, 4) is 11.5 Å². The molecule has 0 saturated carbocycles. The number of methoxy groups -OCH3 is 2. The summed E-state index contributed by atoms with van der Waals surface area (Å²) >= 11 is 5.64. The van der Waals surface area contributed by atoms with Crippen LogP contribution in [0, 0.1) is 0 Å². The Bertz CT molecular complexity index is 453. The Morgan fingerprint density at radius 2 is 1.85 bits per heavy atom. The number of halogens is 1. The largest absolute Gasteiger partial charge is 0.493 e. The number of hydrogen-bond acceptors (Lipinski definition) is 5. The highest BCUT2D eigenvalue weighted by Crippen LogP contribution is 2.37. The van der Waals surface area contributed by atoms with Gasteiger partial charge in [0.05, 0.1) is 14.2 Å². The van der Waals surface area contributed by atoms with Crippen LogP contribution >= 0.6 is 27.7 Å². The van der Waals surface area contributed by atoms with Crippen molar-refractivity contribution in [3.05, 3.63) is 22.2 Å². The maximum absolute atomic E-state index is 6.03. The molecule has 1 aliphatic rings. The minimum Gasteiger partial charge on any atom is -0.493 e. The van der Waals surface area contributed by atoms with E-state index in [1.807, 2.05) is 23.9 Å². The number of hydrogen-bond donors (Lipinski definition) is 1. The number of rotatable bonds is 5. The maximum Gasteiger partial charge on any atom is 0.161 e. The lowest BCUT2D eigenvalue weighted by molar-refractivity contribution is 0.222. The normalized spacial score (nSPS) is 17.8. The van der Waals surface area contributed by atoms with E-state index in [1.165, 1.54) is 11.5 Å². The fourth-order valence-corrected chi connectivity index (χ4v) is 4.01. The molecule has 2 rings (SSSR count). The first kappa shape index (κ1) is 15.9. The SMILES string of the molecule is COc1cc(Br)c(C(CN)N2CCSCC2)cc1OC. The fraction of sp³-hybridized carbons (Fsp3) is 0.571. The van der Waals surface area contributed by atoms with E-state index in [2.05, 4.69) is 20.8 Å². The second-order valence-electron chi connectivity index (χ2n) is 4.63.